The molecule has 1 fully saturated rings. The van der Waals surface area contributed by atoms with E-state index in [0.29, 0.717) is 24.5 Å². The van der Waals surface area contributed by atoms with Gasteiger partial charge in [0, 0.05) is 25.3 Å². The summed E-state index contributed by atoms with van der Waals surface area (Å²) in [7, 11) is -3.72. The molecule has 3 rings (SSSR count). The summed E-state index contributed by atoms with van der Waals surface area (Å²) >= 11 is 2.88. The van der Waals surface area contributed by atoms with Crippen molar-refractivity contribution in [1.82, 2.24) is 24.1 Å². The first-order chi connectivity index (χ1) is 13.3. The summed E-state index contributed by atoms with van der Waals surface area (Å²) < 4.78 is 29.7. The number of carbonyl (C=O) groups excluding carboxylic acids is 1. The van der Waals surface area contributed by atoms with Gasteiger partial charge in [0.1, 0.15) is 0 Å². The molecule has 9 nitrogen and oxygen atoms in total. The second-order valence-electron chi connectivity index (χ2n) is 6.75. The summed E-state index contributed by atoms with van der Waals surface area (Å²) in [6, 6.07) is 0.124. The van der Waals surface area contributed by atoms with Crippen molar-refractivity contribution in [2.24, 2.45) is 5.92 Å². The molecule has 2 aromatic heterocycles. The Labute approximate surface area is 173 Å². The average Bonchev–Trinajstić information content (AvgIpc) is 3.32. The highest BCUT2D eigenvalue weighted by atomic mass is 32.2. The maximum atomic E-state index is 12.9. The molecular weight excluding hydrogens is 420 g/mol. The Hall–Kier alpha value is -1.50. The van der Waals surface area contributed by atoms with Crippen molar-refractivity contribution < 1.29 is 13.2 Å². The molecule has 1 amide bonds. The molecule has 2 aromatic rings. The van der Waals surface area contributed by atoms with E-state index in [0.717, 1.165) is 10.1 Å². The topological polar surface area (TPSA) is 110 Å². The number of hydrogen-bond donors (Lipinski definition) is 1. The summed E-state index contributed by atoms with van der Waals surface area (Å²) in [5.41, 5.74) is 0. The van der Waals surface area contributed by atoms with Crippen molar-refractivity contribution in [1.29, 1.82) is 0 Å². The fourth-order valence-electron chi connectivity index (χ4n) is 2.89. The maximum absolute atomic E-state index is 12.9. The number of piperidine rings is 1. The van der Waals surface area contributed by atoms with Gasteiger partial charge in [-0.15, -0.1) is 10.2 Å². The molecule has 1 aliphatic rings. The Kier molecular flexibility index (Phi) is 6.73. The van der Waals surface area contributed by atoms with Crippen molar-refractivity contribution in [3.05, 3.63) is 12.5 Å². The highest BCUT2D eigenvalue weighted by molar-refractivity contribution is 8.01. The number of thioether (sulfide) groups is 1. The molecule has 1 atom stereocenters. The maximum Gasteiger partial charge on any atom is 0.262 e. The van der Waals surface area contributed by atoms with E-state index >= 15 is 0 Å². The van der Waals surface area contributed by atoms with Crippen LogP contribution in [0.25, 0.3) is 0 Å². The van der Waals surface area contributed by atoms with E-state index in [1.807, 2.05) is 20.8 Å². The van der Waals surface area contributed by atoms with E-state index in [1.54, 1.807) is 16.3 Å². The summed E-state index contributed by atoms with van der Waals surface area (Å²) in [6.45, 7) is 6.45. The van der Waals surface area contributed by atoms with Crippen molar-refractivity contribution in [3.63, 3.8) is 0 Å². The predicted molar refractivity (Wildman–Crippen MR) is 109 cm³/mol. The van der Waals surface area contributed by atoms with Crippen LogP contribution in [0, 0.1) is 5.92 Å². The lowest BCUT2D eigenvalue weighted by Gasteiger charge is -2.30. The summed E-state index contributed by atoms with van der Waals surface area (Å²) in [6.07, 6.45) is 4.31. The van der Waals surface area contributed by atoms with Gasteiger partial charge in [0.25, 0.3) is 10.0 Å². The number of anilines is 1. The number of carbonyl (C=O) groups is 1. The molecule has 12 heteroatoms. The minimum atomic E-state index is -3.72. The minimum absolute atomic E-state index is 0.0209. The van der Waals surface area contributed by atoms with Gasteiger partial charge in [0.2, 0.25) is 11.0 Å². The van der Waals surface area contributed by atoms with Crippen molar-refractivity contribution in [2.75, 3.05) is 24.2 Å². The zero-order chi connectivity index (χ0) is 20.3. The fourth-order valence-corrected chi connectivity index (χ4v) is 5.99. The van der Waals surface area contributed by atoms with Gasteiger partial charge in [0.15, 0.2) is 9.37 Å². The van der Waals surface area contributed by atoms with Crippen molar-refractivity contribution in [3.8, 4) is 0 Å². The van der Waals surface area contributed by atoms with Gasteiger partial charge in [-0.25, -0.2) is 13.4 Å². The predicted octanol–water partition coefficient (Wildman–Crippen LogP) is 2.47. The Balaban J connectivity index is 1.67. The Morgan fingerprint density at radius 1 is 1.43 bits per heavy atom. The highest BCUT2D eigenvalue weighted by Gasteiger charge is 2.34. The number of rotatable bonds is 7. The van der Waals surface area contributed by atoms with Crippen LogP contribution in [-0.4, -0.2) is 57.2 Å². The number of aromatic nitrogens is 4. The van der Waals surface area contributed by atoms with Crippen LogP contribution in [0.4, 0.5) is 5.13 Å². The van der Waals surface area contributed by atoms with Gasteiger partial charge in [0.05, 0.1) is 12.2 Å². The first-order valence-electron chi connectivity index (χ1n) is 9.12. The quantitative estimate of drug-likeness (QED) is 0.516. The largest absolute Gasteiger partial charge is 0.334 e. The van der Waals surface area contributed by atoms with E-state index in [9.17, 15) is 13.2 Å². The number of imidazole rings is 1. The number of sulfonamides is 1. The second-order valence-corrected chi connectivity index (χ2v) is 11.1. The van der Waals surface area contributed by atoms with Gasteiger partial charge in [-0.3, -0.25) is 4.79 Å². The molecule has 1 N–H and O–H groups in total. The number of amides is 1. The molecule has 3 heterocycles. The molecular formula is C16H24N6O3S3. The van der Waals surface area contributed by atoms with Gasteiger partial charge in [-0.1, -0.05) is 30.0 Å². The third-order valence-electron chi connectivity index (χ3n) is 4.44. The summed E-state index contributed by atoms with van der Waals surface area (Å²) in [4.78, 5) is 16.7. The molecule has 1 aliphatic heterocycles. The number of nitrogens with zero attached hydrogens (tertiary/aromatic N) is 5. The molecule has 0 aromatic carbocycles. The molecule has 28 heavy (non-hydrogen) atoms. The Bertz CT molecular complexity index is 924. The molecule has 154 valence electrons. The zero-order valence-electron chi connectivity index (χ0n) is 16.0. The van der Waals surface area contributed by atoms with Gasteiger partial charge < -0.3 is 9.88 Å². The Morgan fingerprint density at radius 3 is 2.89 bits per heavy atom. The SMILES string of the molecule is CCSc1nnc(NC(=O)[C@H]2CCCN(S(=O)(=O)c3cn(C(C)C)cn3)C2)s1. The molecule has 0 unspecified atom stereocenters. The van der Waals surface area contributed by atoms with Crippen molar-refractivity contribution >= 4 is 44.2 Å². The molecule has 1 saturated heterocycles. The third-order valence-corrected chi connectivity index (χ3v) is 8.04. The summed E-state index contributed by atoms with van der Waals surface area (Å²) in [5, 5.41) is 11.2. The molecule has 0 spiro atoms. The van der Waals surface area contributed by atoms with Crippen LogP contribution in [0.5, 0.6) is 0 Å². The van der Waals surface area contributed by atoms with Gasteiger partial charge in [-0.2, -0.15) is 4.31 Å². The van der Waals surface area contributed by atoms with Crippen LogP contribution in [0.15, 0.2) is 21.9 Å². The summed E-state index contributed by atoms with van der Waals surface area (Å²) in [5.74, 6) is 0.226. The number of nitrogens with one attached hydrogen (secondary N) is 1. The zero-order valence-corrected chi connectivity index (χ0v) is 18.5. The monoisotopic (exact) mass is 444 g/mol. The molecule has 0 saturated carbocycles. The van der Waals surface area contributed by atoms with E-state index < -0.39 is 15.9 Å². The van der Waals surface area contributed by atoms with Gasteiger partial charge >= 0.3 is 0 Å². The third kappa shape index (κ3) is 4.73. The fraction of sp³-hybridized carbons (Fsp3) is 0.625. The number of hydrogen-bond acceptors (Lipinski definition) is 8. The van der Waals surface area contributed by atoms with E-state index in [-0.39, 0.29) is 23.5 Å². The standard InChI is InChI=1S/C16H24N6O3S3/c1-4-26-16-20-19-15(27-16)18-14(23)12-6-5-7-22(8-12)28(24,25)13-9-21(10-17-13)11(2)3/h9-12H,4-8H2,1-3H3,(H,18,19,23)/t12-/m0/s1. The first kappa shape index (κ1) is 21.2. The van der Waals surface area contributed by atoms with Crippen LogP contribution in [0.2, 0.25) is 0 Å². The lowest BCUT2D eigenvalue weighted by atomic mass is 9.99. The smallest absolute Gasteiger partial charge is 0.262 e. The first-order valence-corrected chi connectivity index (χ1v) is 12.4. The molecule has 0 radical (unpaired) electrons. The Morgan fingerprint density at radius 2 is 2.21 bits per heavy atom. The minimum Gasteiger partial charge on any atom is -0.334 e. The van der Waals surface area contributed by atoms with Crippen LogP contribution in [0.3, 0.4) is 0 Å². The van der Waals surface area contributed by atoms with Crippen LogP contribution >= 0.6 is 23.1 Å². The van der Waals surface area contributed by atoms with E-state index in [2.05, 4.69) is 20.5 Å². The van der Waals surface area contributed by atoms with Crippen LogP contribution in [-0.2, 0) is 14.8 Å². The van der Waals surface area contributed by atoms with E-state index in [4.69, 9.17) is 0 Å². The van der Waals surface area contributed by atoms with E-state index in [1.165, 1.54) is 28.2 Å². The van der Waals surface area contributed by atoms with Crippen LogP contribution < -0.4 is 5.32 Å². The van der Waals surface area contributed by atoms with Crippen molar-refractivity contribution in [2.45, 2.75) is 49.0 Å². The molecule has 0 bridgehead atoms. The highest BCUT2D eigenvalue weighted by Crippen LogP contribution is 2.27. The lowest BCUT2D eigenvalue weighted by molar-refractivity contribution is -0.120. The lowest BCUT2D eigenvalue weighted by Crippen LogP contribution is -2.43. The normalized spacial score (nSPS) is 18.5. The molecule has 0 aliphatic carbocycles. The average molecular weight is 445 g/mol. The second kappa shape index (κ2) is 8.89. The van der Waals surface area contributed by atoms with Gasteiger partial charge in [-0.05, 0) is 32.4 Å². The van der Waals surface area contributed by atoms with Crippen LogP contribution in [0.1, 0.15) is 39.7 Å².